The first-order valence-electron chi connectivity index (χ1n) is 6.19. The topological polar surface area (TPSA) is 46.3 Å². The Morgan fingerprint density at radius 3 is 2.47 bits per heavy atom. The van der Waals surface area contributed by atoms with Gasteiger partial charge in [0.1, 0.15) is 0 Å². The molecule has 1 saturated carbocycles. The van der Waals surface area contributed by atoms with Gasteiger partial charge >= 0.3 is 0 Å². The first-order chi connectivity index (χ1) is 7.18. The van der Waals surface area contributed by atoms with Crippen molar-refractivity contribution in [3.05, 3.63) is 0 Å². The number of amides is 1. The van der Waals surface area contributed by atoms with Gasteiger partial charge < -0.3 is 10.6 Å². The van der Waals surface area contributed by atoms with Crippen LogP contribution in [-0.2, 0) is 4.79 Å². The lowest BCUT2D eigenvalue weighted by molar-refractivity contribution is -0.130. The smallest absolute Gasteiger partial charge is 0.219 e. The molecular weight excluding hydrogens is 188 g/mol. The zero-order chi connectivity index (χ0) is 10.8. The molecule has 15 heavy (non-hydrogen) atoms. The highest BCUT2D eigenvalue weighted by Gasteiger charge is 2.34. The van der Waals surface area contributed by atoms with Crippen molar-refractivity contribution in [1.29, 1.82) is 0 Å². The quantitative estimate of drug-likeness (QED) is 0.710. The molecule has 0 bridgehead atoms. The van der Waals surface area contributed by atoms with Gasteiger partial charge in [0.15, 0.2) is 0 Å². The van der Waals surface area contributed by atoms with E-state index in [1.54, 1.807) is 6.92 Å². The third-order valence-corrected chi connectivity index (χ3v) is 4.16. The molecule has 0 aromatic carbocycles. The second kappa shape index (κ2) is 4.52. The Morgan fingerprint density at radius 2 is 1.93 bits per heavy atom. The largest absolute Gasteiger partial charge is 0.341 e. The lowest BCUT2D eigenvalue weighted by atomic mass is 9.80. The Kier molecular flexibility index (Phi) is 3.29. The van der Waals surface area contributed by atoms with Crippen molar-refractivity contribution in [2.75, 3.05) is 13.1 Å². The standard InChI is InChI=1S/C12H22N2O/c1-9(15)14-7-6-11(12(13)8-14)10-4-2-3-5-10/h10-12H,2-8,13H2,1H3. The third-order valence-electron chi connectivity index (χ3n) is 4.16. The number of hydrogen-bond donors (Lipinski definition) is 1. The monoisotopic (exact) mass is 210 g/mol. The third kappa shape index (κ3) is 2.33. The van der Waals surface area contributed by atoms with E-state index in [0.717, 1.165) is 25.4 Å². The Bertz CT molecular complexity index is 236. The first-order valence-corrected chi connectivity index (χ1v) is 6.19. The fraction of sp³-hybridized carbons (Fsp3) is 0.917. The number of rotatable bonds is 1. The van der Waals surface area contributed by atoms with Gasteiger partial charge in [-0.2, -0.15) is 0 Å². The van der Waals surface area contributed by atoms with Crippen molar-refractivity contribution >= 4 is 5.91 Å². The highest BCUT2D eigenvalue weighted by atomic mass is 16.2. The molecule has 1 amide bonds. The van der Waals surface area contributed by atoms with Crippen molar-refractivity contribution in [2.24, 2.45) is 17.6 Å². The minimum atomic E-state index is 0.176. The van der Waals surface area contributed by atoms with E-state index in [-0.39, 0.29) is 11.9 Å². The fourth-order valence-electron chi connectivity index (χ4n) is 3.26. The second-order valence-electron chi connectivity index (χ2n) is 5.13. The zero-order valence-corrected chi connectivity index (χ0v) is 9.61. The van der Waals surface area contributed by atoms with Crippen LogP contribution in [0.25, 0.3) is 0 Å². The minimum absolute atomic E-state index is 0.176. The van der Waals surface area contributed by atoms with E-state index in [0.29, 0.717) is 5.92 Å². The van der Waals surface area contributed by atoms with Crippen molar-refractivity contribution in [3.63, 3.8) is 0 Å². The van der Waals surface area contributed by atoms with Crippen LogP contribution in [0.5, 0.6) is 0 Å². The summed E-state index contributed by atoms with van der Waals surface area (Å²) in [5.74, 6) is 1.69. The van der Waals surface area contributed by atoms with Gasteiger partial charge in [0, 0.05) is 26.1 Å². The molecule has 3 nitrogen and oxygen atoms in total. The average molecular weight is 210 g/mol. The first kappa shape index (κ1) is 10.9. The number of hydrogen-bond acceptors (Lipinski definition) is 2. The minimum Gasteiger partial charge on any atom is -0.341 e. The lowest BCUT2D eigenvalue weighted by Gasteiger charge is -2.39. The predicted molar refractivity (Wildman–Crippen MR) is 60.3 cm³/mol. The summed E-state index contributed by atoms with van der Waals surface area (Å²) in [6.45, 7) is 3.34. The van der Waals surface area contributed by atoms with Crippen LogP contribution in [0.3, 0.4) is 0 Å². The molecule has 0 aromatic rings. The summed E-state index contributed by atoms with van der Waals surface area (Å²) in [5.41, 5.74) is 6.19. The van der Waals surface area contributed by atoms with E-state index in [1.165, 1.54) is 25.7 Å². The summed E-state index contributed by atoms with van der Waals surface area (Å²) in [6, 6.07) is 0.214. The van der Waals surface area contributed by atoms with Gasteiger partial charge in [0.2, 0.25) is 5.91 Å². The maximum absolute atomic E-state index is 11.2. The fourth-order valence-corrected chi connectivity index (χ4v) is 3.26. The van der Waals surface area contributed by atoms with Crippen LogP contribution in [0.1, 0.15) is 39.0 Å². The normalized spacial score (nSPS) is 33.3. The van der Waals surface area contributed by atoms with Crippen LogP contribution in [0, 0.1) is 11.8 Å². The number of likely N-dealkylation sites (tertiary alicyclic amines) is 1. The molecule has 2 fully saturated rings. The molecular formula is C12H22N2O. The molecule has 86 valence electrons. The molecule has 1 heterocycles. The van der Waals surface area contributed by atoms with Crippen LogP contribution in [0.2, 0.25) is 0 Å². The number of nitrogens with two attached hydrogens (primary N) is 1. The van der Waals surface area contributed by atoms with E-state index >= 15 is 0 Å². The van der Waals surface area contributed by atoms with Crippen LogP contribution in [0.15, 0.2) is 0 Å². The van der Waals surface area contributed by atoms with E-state index in [2.05, 4.69) is 0 Å². The molecule has 0 radical (unpaired) electrons. The van der Waals surface area contributed by atoms with Gasteiger partial charge in [0.05, 0.1) is 0 Å². The van der Waals surface area contributed by atoms with Gasteiger partial charge in [-0.25, -0.2) is 0 Å². The molecule has 2 aliphatic rings. The summed E-state index contributed by atoms with van der Waals surface area (Å²) >= 11 is 0. The Morgan fingerprint density at radius 1 is 1.27 bits per heavy atom. The molecule has 1 aliphatic carbocycles. The molecule has 2 atom stereocenters. The summed E-state index contributed by atoms with van der Waals surface area (Å²) in [6.07, 6.45) is 6.59. The van der Waals surface area contributed by atoms with Gasteiger partial charge in [-0.05, 0) is 18.3 Å². The molecule has 1 aliphatic heterocycles. The van der Waals surface area contributed by atoms with Crippen molar-refractivity contribution in [1.82, 2.24) is 4.90 Å². The maximum Gasteiger partial charge on any atom is 0.219 e. The van der Waals surface area contributed by atoms with Crippen LogP contribution < -0.4 is 5.73 Å². The van der Waals surface area contributed by atoms with E-state index in [9.17, 15) is 4.79 Å². The van der Waals surface area contributed by atoms with Gasteiger partial charge in [-0.15, -0.1) is 0 Å². The number of piperidine rings is 1. The molecule has 0 spiro atoms. The summed E-state index contributed by atoms with van der Waals surface area (Å²) in [5, 5.41) is 0. The second-order valence-corrected chi connectivity index (χ2v) is 5.13. The van der Waals surface area contributed by atoms with Crippen LogP contribution >= 0.6 is 0 Å². The maximum atomic E-state index is 11.2. The molecule has 3 heteroatoms. The van der Waals surface area contributed by atoms with E-state index < -0.39 is 0 Å². The van der Waals surface area contributed by atoms with E-state index in [1.807, 2.05) is 4.90 Å². The van der Waals surface area contributed by atoms with Crippen LogP contribution in [-0.4, -0.2) is 29.9 Å². The molecule has 2 unspecified atom stereocenters. The number of nitrogens with zero attached hydrogens (tertiary/aromatic N) is 1. The Labute approximate surface area is 92.0 Å². The molecule has 1 saturated heterocycles. The predicted octanol–water partition coefficient (Wildman–Crippen LogP) is 1.37. The Balaban J connectivity index is 1.91. The van der Waals surface area contributed by atoms with Gasteiger partial charge in [-0.3, -0.25) is 4.79 Å². The number of carbonyl (C=O) groups excluding carboxylic acids is 1. The highest BCUT2D eigenvalue weighted by Crippen LogP contribution is 2.36. The van der Waals surface area contributed by atoms with Gasteiger partial charge in [-0.1, -0.05) is 25.7 Å². The van der Waals surface area contributed by atoms with E-state index in [4.69, 9.17) is 5.73 Å². The molecule has 2 rings (SSSR count). The summed E-state index contributed by atoms with van der Waals surface area (Å²) < 4.78 is 0. The molecule has 2 N–H and O–H groups in total. The zero-order valence-electron chi connectivity index (χ0n) is 9.61. The Hall–Kier alpha value is -0.570. The summed E-state index contributed by atoms with van der Waals surface area (Å²) in [7, 11) is 0. The van der Waals surface area contributed by atoms with Crippen LogP contribution in [0.4, 0.5) is 0 Å². The molecule has 0 aromatic heterocycles. The van der Waals surface area contributed by atoms with Gasteiger partial charge in [0.25, 0.3) is 0 Å². The van der Waals surface area contributed by atoms with Crippen molar-refractivity contribution in [3.8, 4) is 0 Å². The van der Waals surface area contributed by atoms with Crippen molar-refractivity contribution in [2.45, 2.75) is 45.1 Å². The summed E-state index contributed by atoms with van der Waals surface area (Å²) in [4.78, 5) is 13.1. The number of carbonyl (C=O) groups is 1. The highest BCUT2D eigenvalue weighted by molar-refractivity contribution is 5.73. The average Bonchev–Trinajstić information content (AvgIpc) is 2.70. The van der Waals surface area contributed by atoms with Crippen molar-refractivity contribution < 1.29 is 4.79 Å². The SMILES string of the molecule is CC(=O)N1CCC(C2CCCC2)C(N)C1. The lowest BCUT2D eigenvalue weighted by Crippen LogP contribution is -2.51.